The highest BCUT2D eigenvalue weighted by Crippen LogP contribution is 2.42. The van der Waals surface area contributed by atoms with E-state index in [1.54, 1.807) is 0 Å². The summed E-state index contributed by atoms with van der Waals surface area (Å²) in [5.74, 6) is 0.639. The van der Waals surface area contributed by atoms with Crippen molar-refractivity contribution in [3.8, 4) is 0 Å². The Balaban J connectivity index is 2.38. The molecule has 1 aliphatic rings. The highest BCUT2D eigenvalue weighted by atomic mass is 79.9. The highest BCUT2D eigenvalue weighted by Gasteiger charge is 2.38. The van der Waals surface area contributed by atoms with Gasteiger partial charge >= 0.3 is 0 Å². The van der Waals surface area contributed by atoms with E-state index in [0.29, 0.717) is 5.92 Å². The van der Waals surface area contributed by atoms with Crippen LogP contribution in [0.2, 0.25) is 0 Å². The van der Waals surface area contributed by atoms with Crippen molar-refractivity contribution < 1.29 is 0 Å². The Bertz CT molecular complexity index is 337. The summed E-state index contributed by atoms with van der Waals surface area (Å²) in [7, 11) is 0. The van der Waals surface area contributed by atoms with E-state index in [2.05, 4.69) is 46.5 Å². The molecule has 1 fully saturated rings. The van der Waals surface area contributed by atoms with E-state index >= 15 is 0 Å². The Labute approximate surface area is 111 Å². The smallest absolute Gasteiger partial charge is 0.0563 e. The number of hydrogen-bond donors (Lipinski definition) is 1. The second kappa shape index (κ2) is 5.19. The molecule has 16 heavy (non-hydrogen) atoms. The highest BCUT2D eigenvalue weighted by molar-refractivity contribution is 9.10. The van der Waals surface area contributed by atoms with Gasteiger partial charge < -0.3 is 5.32 Å². The predicted octanol–water partition coefficient (Wildman–Crippen LogP) is 4.53. The first kappa shape index (κ1) is 12.6. The van der Waals surface area contributed by atoms with Gasteiger partial charge in [0.05, 0.1) is 5.54 Å². The minimum Gasteiger partial charge on any atom is -0.306 e. The van der Waals surface area contributed by atoms with Crippen molar-refractivity contribution in [3.05, 3.63) is 20.8 Å². The average molecular weight is 302 g/mol. The van der Waals surface area contributed by atoms with Crippen molar-refractivity contribution in [2.45, 2.75) is 45.1 Å². The minimum atomic E-state index is 0.198. The van der Waals surface area contributed by atoms with Crippen LogP contribution in [-0.4, -0.2) is 6.54 Å². The lowest BCUT2D eigenvalue weighted by atomic mass is 9.81. The Kier molecular flexibility index (Phi) is 4.09. The van der Waals surface area contributed by atoms with Crippen molar-refractivity contribution in [3.63, 3.8) is 0 Å². The molecule has 1 aromatic rings. The van der Waals surface area contributed by atoms with Crippen LogP contribution in [0.1, 0.15) is 44.4 Å². The van der Waals surface area contributed by atoms with Gasteiger partial charge in [-0.2, -0.15) is 0 Å². The second-order valence-corrected chi connectivity index (χ2v) is 6.73. The van der Waals surface area contributed by atoms with E-state index in [1.807, 2.05) is 11.3 Å². The summed E-state index contributed by atoms with van der Waals surface area (Å²) < 4.78 is 1.28. The van der Waals surface area contributed by atoms with Gasteiger partial charge in [-0.1, -0.05) is 26.7 Å². The number of thiophene rings is 1. The van der Waals surface area contributed by atoms with Crippen molar-refractivity contribution in [1.82, 2.24) is 5.32 Å². The summed E-state index contributed by atoms with van der Waals surface area (Å²) in [5.41, 5.74) is 0.198. The molecule has 1 atom stereocenters. The quantitative estimate of drug-likeness (QED) is 0.846. The lowest BCUT2D eigenvalue weighted by molar-refractivity contribution is 0.235. The molecule has 0 aliphatic carbocycles. The molecule has 1 aromatic heterocycles. The van der Waals surface area contributed by atoms with Gasteiger partial charge in [0, 0.05) is 9.35 Å². The SMILES string of the molecule is CC(C)C1(c2sccc2Br)CCCCCN1. The average Bonchev–Trinajstić information content (AvgIpc) is 2.55. The summed E-state index contributed by atoms with van der Waals surface area (Å²) in [5, 5.41) is 6.01. The Morgan fingerprint density at radius 2 is 2.19 bits per heavy atom. The molecule has 1 aliphatic heterocycles. The van der Waals surface area contributed by atoms with Gasteiger partial charge in [-0.15, -0.1) is 11.3 Å². The minimum absolute atomic E-state index is 0.198. The topological polar surface area (TPSA) is 12.0 Å². The van der Waals surface area contributed by atoms with Crippen molar-refractivity contribution in [2.24, 2.45) is 5.92 Å². The zero-order chi connectivity index (χ0) is 11.6. The number of hydrogen-bond acceptors (Lipinski definition) is 2. The number of halogens is 1. The maximum Gasteiger partial charge on any atom is 0.0563 e. The van der Waals surface area contributed by atoms with Crippen LogP contribution in [0.3, 0.4) is 0 Å². The third kappa shape index (κ3) is 2.22. The van der Waals surface area contributed by atoms with Crippen molar-refractivity contribution in [2.75, 3.05) is 6.54 Å². The summed E-state index contributed by atoms with van der Waals surface area (Å²) in [6.45, 7) is 5.83. The van der Waals surface area contributed by atoms with Crippen LogP contribution in [0.15, 0.2) is 15.9 Å². The molecule has 0 spiro atoms. The van der Waals surface area contributed by atoms with Crippen LogP contribution in [0.5, 0.6) is 0 Å². The molecule has 1 N–H and O–H groups in total. The van der Waals surface area contributed by atoms with Crippen LogP contribution in [0, 0.1) is 5.92 Å². The molecule has 0 radical (unpaired) electrons. The monoisotopic (exact) mass is 301 g/mol. The molecular weight excluding hydrogens is 282 g/mol. The fourth-order valence-electron chi connectivity index (χ4n) is 2.67. The predicted molar refractivity (Wildman–Crippen MR) is 75.0 cm³/mol. The standard InChI is InChI=1S/C13H20BrNS/c1-10(2)13(7-4-3-5-8-15-13)12-11(14)6-9-16-12/h6,9-10,15H,3-5,7-8H2,1-2H3. The molecule has 0 bridgehead atoms. The van der Waals surface area contributed by atoms with Gasteiger partial charge in [-0.25, -0.2) is 0 Å². The maximum atomic E-state index is 3.82. The van der Waals surface area contributed by atoms with Crippen LogP contribution in [0.25, 0.3) is 0 Å². The fraction of sp³-hybridized carbons (Fsp3) is 0.692. The molecule has 1 unspecified atom stereocenters. The van der Waals surface area contributed by atoms with E-state index in [-0.39, 0.29) is 5.54 Å². The van der Waals surface area contributed by atoms with Gasteiger partial charge in [-0.3, -0.25) is 0 Å². The normalized spacial score (nSPS) is 27.0. The first-order valence-electron chi connectivity index (χ1n) is 6.15. The van der Waals surface area contributed by atoms with Gasteiger partial charge in [0.15, 0.2) is 0 Å². The summed E-state index contributed by atoms with van der Waals surface area (Å²) in [6.07, 6.45) is 5.29. The van der Waals surface area contributed by atoms with E-state index in [1.165, 1.54) is 35.0 Å². The van der Waals surface area contributed by atoms with Gasteiger partial charge in [0.1, 0.15) is 0 Å². The van der Waals surface area contributed by atoms with Crippen LogP contribution in [-0.2, 0) is 5.54 Å². The van der Waals surface area contributed by atoms with Gasteiger partial charge in [0.25, 0.3) is 0 Å². The molecule has 0 amide bonds. The lowest BCUT2D eigenvalue weighted by Crippen LogP contribution is -2.45. The van der Waals surface area contributed by atoms with Crippen LogP contribution in [0.4, 0.5) is 0 Å². The first-order valence-corrected chi connectivity index (χ1v) is 7.82. The van der Waals surface area contributed by atoms with Crippen molar-refractivity contribution >= 4 is 27.3 Å². The van der Waals surface area contributed by atoms with Crippen LogP contribution < -0.4 is 5.32 Å². The van der Waals surface area contributed by atoms with E-state index in [4.69, 9.17) is 0 Å². The van der Waals surface area contributed by atoms with Crippen molar-refractivity contribution in [1.29, 1.82) is 0 Å². The van der Waals surface area contributed by atoms with Gasteiger partial charge in [-0.05, 0) is 52.7 Å². The molecule has 0 saturated carbocycles. The molecule has 90 valence electrons. The van der Waals surface area contributed by atoms with E-state index < -0.39 is 0 Å². The zero-order valence-electron chi connectivity index (χ0n) is 10.1. The fourth-order valence-corrected chi connectivity index (χ4v) is 4.75. The molecule has 2 heterocycles. The molecule has 0 aromatic carbocycles. The lowest BCUT2D eigenvalue weighted by Gasteiger charge is -2.37. The Morgan fingerprint density at radius 3 is 2.81 bits per heavy atom. The van der Waals surface area contributed by atoms with E-state index in [9.17, 15) is 0 Å². The first-order chi connectivity index (χ1) is 7.67. The zero-order valence-corrected chi connectivity index (χ0v) is 12.5. The Morgan fingerprint density at radius 1 is 1.38 bits per heavy atom. The number of rotatable bonds is 2. The molecular formula is C13H20BrNS. The summed E-state index contributed by atoms with van der Waals surface area (Å²) in [6, 6.07) is 2.18. The molecule has 2 rings (SSSR count). The molecule has 1 saturated heterocycles. The number of nitrogens with one attached hydrogen (secondary N) is 1. The summed E-state index contributed by atoms with van der Waals surface area (Å²) >= 11 is 5.58. The maximum absolute atomic E-state index is 3.82. The summed E-state index contributed by atoms with van der Waals surface area (Å²) in [4.78, 5) is 1.49. The third-order valence-corrected chi connectivity index (χ3v) is 5.71. The molecule has 3 heteroatoms. The van der Waals surface area contributed by atoms with E-state index in [0.717, 1.165) is 6.54 Å². The third-order valence-electron chi connectivity index (χ3n) is 3.70. The largest absolute Gasteiger partial charge is 0.306 e. The van der Waals surface area contributed by atoms with Crippen LogP contribution >= 0.6 is 27.3 Å². The Hall–Kier alpha value is 0.140. The van der Waals surface area contributed by atoms with Gasteiger partial charge in [0.2, 0.25) is 0 Å². The second-order valence-electron chi connectivity index (χ2n) is 4.96. The molecule has 1 nitrogen and oxygen atoms in total.